The Morgan fingerprint density at radius 1 is 1.29 bits per heavy atom. The van der Waals surface area contributed by atoms with Crippen LogP contribution in [0.2, 0.25) is 0 Å². The van der Waals surface area contributed by atoms with Crippen LogP contribution >= 0.6 is 0 Å². The SMILES string of the molecule is C#C[C@]1(O)CC[C@H]2[C@@H]3CCC4=CCCC[C@@H]4[C@H]3C(C)(C)C[C@@]21CC. The van der Waals surface area contributed by atoms with Gasteiger partial charge in [0.25, 0.3) is 0 Å². The smallest absolute Gasteiger partial charge is 0.131 e. The van der Waals surface area contributed by atoms with Crippen molar-refractivity contribution in [2.24, 2.45) is 34.5 Å². The van der Waals surface area contributed by atoms with E-state index in [1.807, 2.05) is 0 Å². The van der Waals surface area contributed by atoms with Crippen molar-refractivity contribution in [3.63, 3.8) is 0 Å². The van der Waals surface area contributed by atoms with Crippen molar-refractivity contribution in [1.29, 1.82) is 0 Å². The van der Waals surface area contributed by atoms with Gasteiger partial charge in [0.2, 0.25) is 0 Å². The Bertz CT molecular complexity index is 594. The van der Waals surface area contributed by atoms with Crippen molar-refractivity contribution < 1.29 is 5.11 Å². The van der Waals surface area contributed by atoms with E-state index in [2.05, 4.69) is 32.8 Å². The highest BCUT2D eigenvalue weighted by atomic mass is 16.3. The van der Waals surface area contributed by atoms with Crippen LogP contribution in [-0.2, 0) is 0 Å². The van der Waals surface area contributed by atoms with Crippen LogP contribution in [0.1, 0.15) is 78.6 Å². The fourth-order valence-corrected chi connectivity index (χ4v) is 7.97. The van der Waals surface area contributed by atoms with Crippen LogP contribution in [-0.4, -0.2) is 10.7 Å². The van der Waals surface area contributed by atoms with E-state index >= 15 is 0 Å². The maximum atomic E-state index is 11.4. The monoisotopic (exact) mass is 326 g/mol. The number of hydrogen-bond acceptors (Lipinski definition) is 1. The third-order valence-corrected chi connectivity index (χ3v) is 8.67. The first-order chi connectivity index (χ1) is 11.4. The largest absolute Gasteiger partial charge is 0.377 e. The first kappa shape index (κ1) is 16.7. The Balaban J connectivity index is 1.79. The average Bonchev–Trinajstić information content (AvgIpc) is 2.87. The molecule has 0 aliphatic heterocycles. The van der Waals surface area contributed by atoms with Crippen molar-refractivity contribution in [2.45, 2.75) is 84.2 Å². The highest BCUT2D eigenvalue weighted by Crippen LogP contribution is 2.70. The van der Waals surface area contributed by atoms with E-state index < -0.39 is 5.60 Å². The summed E-state index contributed by atoms with van der Waals surface area (Å²) < 4.78 is 0. The standard InChI is InChI=1S/C23H34O/c1-5-22-15-21(3,4)20-17-10-8-7-9-16(17)11-12-18(20)19(22)13-14-23(22,24)6-2/h2,9,17-20,24H,5,7-8,10-15H2,1,3-4H3/t17-,18-,19-,20+,22-,23-/m0/s1. The minimum Gasteiger partial charge on any atom is -0.377 e. The molecule has 0 bridgehead atoms. The third-order valence-electron chi connectivity index (χ3n) is 8.67. The molecule has 0 spiro atoms. The highest BCUT2D eigenvalue weighted by molar-refractivity contribution is 5.28. The quantitative estimate of drug-likeness (QED) is 0.509. The first-order valence-electron chi connectivity index (χ1n) is 10.3. The van der Waals surface area contributed by atoms with Crippen molar-refractivity contribution in [1.82, 2.24) is 0 Å². The van der Waals surface area contributed by atoms with Gasteiger partial charge in [-0.2, -0.15) is 0 Å². The van der Waals surface area contributed by atoms with Gasteiger partial charge in [0.1, 0.15) is 5.60 Å². The van der Waals surface area contributed by atoms with Gasteiger partial charge in [0.05, 0.1) is 0 Å². The molecule has 132 valence electrons. The second-order valence-corrected chi connectivity index (χ2v) is 9.87. The lowest BCUT2D eigenvalue weighted by atomic mass is 9.42. The molecule has 0 amide bonds. The molecule has 3 saturated carbocycles. The molecule has 24 heavy (non-hydrogen) atoms. The summed E-state index contributed by atoms with van der Waals surface area (Å²) in [5.41, 5.74) is 1.11. The Morgan fingerprint density at radius 2 is 2.08 bits per heavy atom. The van der Waals surface area contributed by atoms with Crippen molar-refractivity contribution in [3.05, 3.63) is 11.6 Å². The van der Waals surface area contributed by atoms with Gasteiger partial charge in [-0.05, 0) is 86.9 Å². The molecular formula is C23H34O. The fourth-order valence-electron chi connectivity index (χ4n) is 7.97. The molecule has 0 saturated heterocycles. The molecule has 0 aromatic rings. The van der Waals surface area contributed by atoms with E-state index in [0.717, 1.165) is 43.4 Å². The maximum Gasteiger partial charge on any atom is 0.131 e. The van der Waals surface area contributed by atoms with Gasteiger partial charge in [0, 0.05) is 5.41 Å². The first-order valence-corrected chi connectivity index (χ1v) is 10.3. The molecule has 0 radical (unpaired) electrons. The van der Waals surface area contributed by atoms with Gasteiger partial charge < -0.3 is 5.11 Å². The summed E-state index contributed by atoms with van der Waals surface area (Å²) >= 11 is 0. The predicted molar refractivity (Wildman–Crippen MR) is 99.3 cm³/mol. The number of hydrogen-bond donors (Lipinski definition) is 1. The lowest BCUT2D eigenvalue weighted by Gasteiger charge is -2.62. The minimum atomic E-state index is -0.878. The van der Waals surface area contributed by atoms with Crippen LogP contribution in [0.5, 0.6) is 0 Å². The van der Waals surface area contributed by atoms with Crippen LogP contribution in [0.4, 0.5) is 0 Å². The number of aliphatic hydroxyl groups is 1. The van der Waals surface area contributed by atoms with Crippen molar-refractivity contribution in [3.8, 4) is 12.3 Å². The zero-order chi connectivity index (χ0) is 17.2. The van der Waals surface area contributed by atoms with Gasteiger partial charge >= 0.3 is 0 Å². The maximum absolute atomic E-state index is 11.4. The van der Waals surface area contributed by atoms with Gasteiger partial charge in [-0.1, -0.05) is 38.3 Å². The molecular weight excluding hydrogens is 292 g/mol. The number of fused-ring (bicyclic) bond motifs is 5. The fraction of sp³-hybridized carbons (Fsp3) is 0.826. The molecule has 4 rings (SSSR count). The minimum absolute atomic E-state index is 0.0533. The molecule has 4 aliphatic rings. The van der Waals surface area contributed by atoms with Gasteiger partial charge in [-0.15, -0.1) is 6.42 Å². The van der Waals surface area contributed by atoms with Crippen LogP contribution in [0.3, 0.4) is 0 Å². The van der Waals surface area contributed by atoms with E-state index in [9.17, 15) is 5.11 Å². The summed E-state index contributed by atoms with van der Waals surface area (Å²) in [6, 6.07) is 0. The second kappa shape index (κ2) is 5.38. The lowest BCUT2D eigenvalue weighted by molar-refractivity contribution is -0.150. The Labute approximate surface area is 148 Å². The van der Waals surface area contributed by atoms with Crippen LogP contribution in [0.15, 0.2) is 11.6 Å². The van der Waals surface area contributed by atoms with Crippen molar-refractivity contribution >= 4 is 0 Å². The molecule has 6 atom stereocenters. The van der Waals surface area contributed by atoms with E-state index in [4.69, 9.17) is 6.42 Å². The van der Waals surface area contributed by atoms with Gasteiger partial charge in [-0.3, -0.25) is 0 Å². The number of terminal acetylenes is 1. The molecule has 1 heteroatoms. The summed E-state index contributed by atoms with van der Waals surface area (Å²) in [6.45, 7) is 7.22. The van der Waals surface area contributed by atoms with Crippen molar-refractivity contribution in [2.75, 3.05) is 0 Å². The molecule has 1 nitrogen and oxygen atoms in total. The molecule has 0 unspecified atom stereocenters. The second-order valence-electron chi connectivity index (χ2n) is 9.87. The van der Waals surface area contributed by atoms with E-state index in [-0.39, 0.29) is 10.8 Å². The normalized spacial score (nSPS) is 49.4. The van der Waals surface area contributed by atoms with Crippen LogP contribution in [0.25, 0.3) is 0 Å². The zero-order valence-electron chi connectivity index (χ0n) is 15.8. The van der Waals surface area contributed by atoms with E-state index in [1.54, 1.807) is 5.57 Å². The number of allylic oxidation sites excluding steroid dienone is 2. The Kier molecular flexibility index (Phi) is 3.74. The molecule has 3 fully saturated rings. The molecule has 1 N–H and O–H groups in total. The van der Waals surface area contributed by atoms with Gasteiger partial charge in [-0.25, -0.2) is 0 Å². The molecule has 0 aromatic heterocycles. The number of rotatable bonds is 1. The summed E-state index contributed by atoms with van der Waals surface area (Å²) in [4.78, 5) is 0. The van der Waals surface area contributed by atoms with Gasteiger partial charge in [0.15, 0.2) is 0 Å². The third kappa shape index (κ3) is 1.99. The summed E-state index contributed by atoms with van der Waals surface area (Å²) in [5.74, 6) is 5.86. The summed E-state index contributed by atoms with van der Waals surface area (Å²) in [7, 11) is 0. The summed E-state index contributed by atoms with van der Waals surface area (Å²) in [5, 5.41) is 11.4. The van der Waals surface area contributed by atoms with E-state index in [0.29, 0.717) is 5.92 Å². The molecule has 0 heterocycles. The van der Waals surface area contributed by atoms with Crippen LogP contribution in [0, 0.1) is 46.8 Å². The Morgan fingerprint density at radius 3 is 2.79 bits per heavy atom. The zero-order valence-corrected chi connectivity index (χ0v) is 15.8. The molecule has 0 aromatic carbocycles. The lowest BCUT2D eigenvalue weighted by Crippen LogP contribution is -2.59. The topological polar surface area (TPSA) is 20.2 Å². The Hall–Kier alpha value is -0.740. The van der Waals surface area contributed by atoms with E-state index in [1.165, 1.54) is 32.1 Å². The predicted octanol–water partition coefficient (Wildman–Crippen LogP) is 5.34. The molecule has 4 aliphatic carbocycles. The average molecular weight is 327 g/mol. The van der Waals surface area contributed by atoms with Crippen LogP contribution < -0.4 is 0 Å². The highest BCUT2D eigenvalue weighted by Gasteiger charge is 2.67. The summed E-state index contributed by atoms with van der Waals surface area (Å²) in [6.07, 6.45) is 19.2.